The molecule has 0 spiro atoms. The molecule has 3 aliphatic rings. The summed E-state index contributed by atoms with van der Waals surface area (Å²) >= 11 is 0. The predicted molar refractivity (Wildman–Crippen MR) is 97.2 cm³/mol. The van der Waals surface area contributed by atoms with Crippen LogP contribution in [0.1, 0.15) is 18.4 Å². The molecule has 3 fully saturated rings. The molecule has 4 rings (SSSR count). The summed E-state index contributed by atoms with van der Waals surface area (Å²) in [5.74, 6) is 0. The molecule has 2 amide bonds. The number of hydrogen-bond donors (Lipinski definition) is 1. The summed E-state index contributed by atoms with van der Waals surface area (Å²) in [6.45, 7) is 3.01. The number of nitrogens with one attached hydrogen (secondary N) is 1. The largest absolute Gasteiger partial charge is 0.445 e. The molecule has 1 aromatic rings. The van der Waals surface area contributed by atoms with Crippen LogP contribution in [0.3, 0.4) is 0 Å². The fraction of sp³-hybridized carbons (Fsp3) is 0.556. The molecule has 0 radical (unpaired) electrons. The van der Waals surface area contributed by atoms with Crippen molar-refractivity contribution >= 4 is 24.6 Å². The third kappa shape index (κ3) is 3.73. The summed E-state index contributed by atoms with van der Waals surface area (Å²) in [6.07, 6.45) is 1.01. The van der Waals surface area contributed by atoms with Crippen LogP contribution in [0.15, 0.2) is 30.3 Å². The van der Waals surface area contributed by atoms with Crippen molar-refractivity contribution in [3.8, 4) is 0 Å². The maximum atomic E-state index is 12.2. The Morgan fingerprint density at radius 2 is 1.92 bits per heavy atom. The number of halogens is 1. The summed E-state index contributed by atoms with van der Waals surface area (Å²) < 4.78 is 10.8. The summed E-state index contributed by atoms with van der Waals surface area (Å²) in [5, 5.41) is 3.27. The number of carbonyl (C=O) groups is 2. The Bertz CT molecular complexity index is 637. The minimum absolute atomic E-state index is 0. The van der Waals surface area contributed by atoms with Crippen LogP contribution in [0.2, 0.25) is 0 Å². The molecular weight excluding hydrogens is 358 g/mol. The molecule has 0 saturated carbocycles. The quantitative estimate of drug-likeness (QED) is 0.867. The molecule has 1 aromatic carbocycles. The molecule has 3 aliphatic heterocycles. The molecule has 7 nitrogen and oxygen atoms in total. The van der Waals surface area contributed by atoms with Crippen molar-refractivity contribution in [2.75, 3.05) is 26.2 Å². The molecule has 0 aliphatic carbocycles. The topological polar surface area (TPSA) is 71.1 Å². The lowest BCUT2D eigenvalue weighted by molar-refractivity contribution is 0.0708. The van der Waals surface area contributed by atoms with Crippen molar-refractivity contribution in [3.05, 3.63) is 35.9 Å². The van der Waals surface area contributed by atoms with E-state index in [1.807, 2.05) is 35.2 Å². The molecular formula is C18H24ClN3O4. The minimum atomic E-state index is -0.285. The van der Waals surface area contributed by atoms with Crippen molar-refractivity contribution in [1.82, 2.24) is 15.1 Å². The normalized spacial score (nSPS) is 25.5. The Kier molecular flexibility index (Phi) is 5.88. The lowest BCUT2D eigenvalue weighted by Crippen LogP contribution is -2.51. The van der Waals surface area contributed by atoms with Crippen molar-refractivity contribution in [3.63, 3.8) is 0 Å². The molecule has 2 atom stereocenters. The van der Waals surface area contributed by atoms with E-state index in [0.29, 0.717) is 13.1 Å². The van der Waals surface area contributed by atoms with E-state index in [1.54, 1.807) is 4.90 Å². The molecule has 0 bridgehead atoms. The van der Waals surface area contributed by atoms with E-state index >= 15 is 0 Å². The van der Waals surface area contributed by atoms with E-state index in [-0.39, 0.29) is 49.4 Å². The van der Waals surface area contributed by atoms with E-state index in [0.717, 1.165) is 31.5 Å². The lowest BCUT2D eigenvalue weighted by atomic mass is 10.0. The zero-order chi connectivity index (χ0) is 17.2. The highest BCUT2D eigenvalue weighted by atomic mass is 35.5. The van der Waals surface area contributed by atoms with Gasteiger partial charge >= 0.3 is 12.2 Å². The van der Waals surface area contributed by atoms with Crippen molar-refractivity contribution in [1.29, 1.82) is 0 Å². The Morgan fingerprint density at radius 3 is 2.65 bits per heavy atom. The number of amides is 2. The van der Waals surface area contributed by atoms with Crippen LogP contribution in [0.5, 0.6) is 0 Å². The van der Waals surface area contributed by atoms with Crippen LogP contribution in [-0.2, 0) is 16.1 Å². The second-order valence-electron chi connectivity index (χ2n) is 6.81. The SMILES string of the molecule is Cl.O=C(OCc1ccccc1)N1CCC(N2C(=O)OC3CNCC32)CC1. The van der Waals surface area contributed by atoms with Gasteiger partial charge in [0.05, 0.1) is 6.04 Å². The van der Waals surface area contributed by atoms with E-state index in [4.69, 9.17) is 9.47 Å². The third-order valence-corrected chi connectivity index (χ3v) is 5.27. The lowest BCUT2D eigenvalue weighted by Gasteiger charge is -2.37. The number of ether oxygens (including phenoxy) is 2. The van der Waals surface area contributed by atoms with Gasteiger partial charge < -0.3 is 19.7 Å². The molecule has 26 heavy (non-hydrogen) atoms. The zero-order valence-electron chi connectivity index (χ0n) is 14.5. The van der Waals surface area contributed by atoms with E-state index in [2.05, 4.69) is 5.32 Å². The first-order chi connectivity index (χ1) is 12.2. The Balaban J connectivity index is 0.00000196. The van der Waals surface area contributed by atoms with E-state index < -0.39 is 0 Å². The van der Waals surface area contributed by atoms with Crippen molar-refractivity contribution < 1.29 is 19.1 Å². The minimum Gasteiger partial charge on any atom is -0.445 e. The first-order valence-electron chi connectivity index (χ1n) is 8.87. The van der Waals surface area contributed by atoms with Gasteiger partial charge in [-0.3, -0.25) is 4.90 Å². The third-order valence-electron chi connectivity index (χ3n) is 5.27. The summed E-state index contributed by atoms with van der Waals surface area (Å²) in [7, 11) is 0. The molecule has 142 valence electrons. The number of benzene rings is 1. The van der Waals surface area contributed by atoms with Crippen molar-refractivity contribution in [2.45, 2.75) is 37.6 Å². The van der Waals surface area contributed by atoms with Crippen LogP contribution < -0.4 is 5.32 Å². The number of nitrogens with zero attached hydrogens (tertiary/aromatic N) is 2. The van der Waals surface area contributed by atoms with Gasteiger partial charge in [-0.15, -0.1) is 12.4 Å². The predicted octanol–water partition coefficient (Wildman–Crippen LogP) is 2.00. The van der Waals surface area contributed by atoms with E-state index in [1.165, 1.54) is 0 Å². The summed E-state index contributed by atoms with van der Waals surface area (Å²) in [6, 6.07) is 9.93. The van der Waals surface area contributed by atoms with Crippen LogP contribution in [0.25, 0.3) is 0 Å². The Morgan fingerprint density at radius 1 is 1.19 bits per heavy atom. The molecule has 3 saturated heterocycles. The first-order valence-corrected chi connectivity index (χ1v) is 8.87. The average molecular weight is 382 g/mol. The van der Waals surface area contributed by atoms with Gasteiger partial charge in [-0.05, 0) is 18.4 Å². The number of fused-ring (bicyclic) bond motifs is 1. The number of hydrogen-bond acceptors (Lipinski definition) is 5. The molecule has 0 aromatic heterocycles. The van der Waals surface area contributed by atoms with Gasteiger partial charge in [0.25, 0.3) is 0 Å². The van der Waals surface area contributed by atoms with Gasteiger partial charge in [0.1, 0.15) is 12.7 Å². The number of piperidine rings is 1. The van der Waals surface area contributed by atoms with Gasteiger partial charge in [0.15, 0.2) is 0 Å². The van der Waals surface area contributed by atoms with Gasteiger partial charge in [-0.2, -0.15) is 0 Å². The fourth-order valence-corrected chi connectivity index (χ4v) is 3.92. The summed E-state index contributed by atoms with van der Waals surface area (Å²) in [5.41, 5.74) is 0.977. The molecule has 8 heteroatoms. The number of rotatable bonds is 3. The van der Waals surface area contributed by atoms with Crippen molar-refractivity contribution in [2.24, 2.45) is 0 Å². The highest BCUT2D eigenvalue weighted by Gasteiger charge is 2.48. The van der Waals surface area contributed by atoms with Crippen LogP contribution in [0, 0.1) is 0 Å². The van der Waals surface area contributed by atoms with Crippen LogP contribution in [0.4, 0.5) is 9.59 Å². The maximum Gasteiger partial charge on any atom is 0.410 e. The smallest absolute Gasteiger partial charge is 0.410 e. The number of carbonyl (C=O) groups excluding carboxylic acids is 2. The van der Waals surface area contributed by atoms with Gasteiger partial charge in [0, 0.05) is 32.2 Å². The zero-order valence-corrected chi connectivity index (χ0v) is 15.3. The summed E-state index contributed by atoms with van der Waals surface area (Å²) in [4.78, 5) is 28.0. The molecule has 2 unspecified atom stereocenters. The maximum absolute atomic E-state index is 12.2. The Hall–Kier alpha value is -1.99. The monoisotopic (exact) mass is 381 g/mol. The van der Waals surface area contributed by atoms with Gasteiger partial charge in [-0.1, -0.05) is 30.3 Å². The highest BCUT2D eigenvalue weighted by molar-refractivity contribution is 5.85. The standard InChI is InChI=1S/C18H23N3O4.ClH/c22-17(24-12-13-4-2-1-3-5-13)20-8-6-14(7-9-20)21-15-10-19-11-16(15)25-18(21)23;/h1-5,14-16,19H,6-12H2;1H. The second kappa shape index (κ2) is 8.14. The van der Waals surface area contributed by atoms with Crippen LogP contribution >= 0.6 is 12.4 Å². The van der Waals surface area contributed by atoms with E-state index in [9.17, 15) is 9.59 Å². The average Bonchev–Trinajstić information content (AvgIpc) is 3.21. The van der Waals surface area contributed by atoms with Crippen LogP contribution in [-0.4, -0.2) is 66.4 Å². The Labute approximate surface area is 159 Å². The molecule has 1 N–H and O–H groups in total. The molecule has 3 heterocycles. The second-order valence-corrected chi connectivity index (χ2v) is 6.81. The van der Waals surface area contributed by atoms with Gasteiger partial charge in [0.2, 0.25) is 0 Å². The van der Waals surface area contributed by atoms with Gasteiger partial charge in [-0.25, -0.2) is 9.59 Å². The number of likely N-dealkylation sites (tertiary alicyclic amines) is 1. The highest BCUT2D eigenvalue weighted by Crippen LogP contribution is 2.29. The fourth-order valence-electron chi connectivity index (χ4n) is 3.92. The first kappa shape index (κ1) is 18.8.